The third-order valence-corrected chi connectivity index (χ3v) is 2.66. The van der Waals surface area contributed by atoms with Gasteiger partial charge in [0.1, 0.15) is 0 Å². The van der Waals surface area contributed by atoms with Crippen LogP contribution < -0.4 is 0 Å². The van der Waals surface area contributed by atoms with Gasteiger partial charge in [-0.05, 0) is 22.0 Å². The number of halogens is 2. The van der Waals surface area contributed by atoms with Crippen LogP contribution in [0.1, 0.15) is 10.6 Å². The molecular weight excluding hydrogens is 283 g/mol. The summed E-state index contributed by atoms with van der Waals surface area (Å²) in [5, 5.41) is 0.520. The Morgan fingerprint density at radius 3 is 3.07 bits per heavy atom. The van der Waals surface area contributed by atoms with E-state index >= 15 is 0 Å². The van der Waals surface area contributed by atoms with Crippen molar-refractivity contribution in [1.29, 1.82) is 0 Å². The molecular formula is C9H6BrClN2O2. The molecule has 2 heterocycles. The number of rotatable bonds is 1. The molecule has 0 fully saturated rings. The lowest BCUT2D eigenvalue weighted by molar-refractivity contribution is 0.0586. The van der Waals surface area contributed by atoms with Gasteiger partial charge in [0.05, 0.1) is 23.8 Å². The molecule has 6 heteroatoms. The van der Waals surface area contributed by atoms with E-state index in [1.165, 1.54) is 13.3 Å². The van der Waals surface area contributed by atoms with E-state index in [1.807, 2.05) is 0 Å². The number of methoxy groups -OCH3 is 1. The number of fused-ring (bicyclic) bond motifs is 1. The molecule has 0 unspecified atom stereocenters. The Labute approximate surface area is 98.9 Å². The molecule has 0 saturated carbocycles. The largest absolute Gasteiger partial charge is 0.463 e. The zero-order valence-electron chi connectivity index (χ0n) is 7.70. The summed E-state index contributed by atoms with van der Waals surface area (Å²) in [5.41, 5.74) is 0.667. The van der Waals surface area contributed by atoms with Crippen molar-refractivity contribution < 1.29 is 9.53 Å². The maximum atomic E-state index is 11.3. The maximum Gasteiger partial charge on any atom is 0.374 e. The minimum Gasteiger partial charge on any atom is -0.463 e. The number of pyridine rings is 1. The van der Waals surface area contributed by atoms with Gasteiger partial charge in [-0.1, -0.05) is 11.6 Å². The average molecular weight is 290 g/mol. The number of hydrogen-bond acceptors (Lipinski definition) is 3. The summed E-state index contributed by atoms with van der Waals surface area (Å²) in [6, 6.07) is 1.74. The molecule has 0 amide bonds. The highest BCUT2D eigenvalue weighted by molar-refractivity contribution is 9.10. The maximum absolute atomic E-state index is 11.3. The van der Waals surface area contributed by atoms with Crippen molar-refractivity contribution in [3.63, 3.8) is 0 Å². The second kappa shape index (κ2) is 3.83. The Balaban J connectivity index is 2.74. The summed E-state index contributed by atoms with van der Waals surface area (Å²) in [6.45, 7) is 0. The van der Waals surface area contributed by atoms with Gasteiger partial charge in [0.25, 0.3) is 0 Å². The lowest BCUT2D eigenvalue weighted by Crippen LogP contribution is -2.06. The highest BCUT2D eigenvalue weighted by Crippen LogP contribution is 2.23. The molecule has 0 radical (unpaired) electrons. The smallest absolute Gasteiger partial charge is 0.374 e. The standard InChI is InChI=1S/C9H6BrClN2O2/c1-15-9(14)8-12-3-7-6(11)2-5(10)4-13(7)8/h2-4H,1H3. The van der Waals surface area contributed by atoms with Crippen LogP contribution in [0.2, 0.25) is 5.02 Å². The number of aromatic nitrogens is 2. The first-order valence-electron chi connectivity index (χ1n) is 4.04. The van der Waals surface area contributed by atoms with Gasteiger partial charge in [-0.15, -0.1) is 0 Å². The molecule has 2 rings (SSSR count). The summed E-state index contributed by atoms with van der Waals surface area (Å²) in [7, 11) is 1.31. The van der Waals surface area contributed by atoms with Gasteiger partial charge >= 0.3 is 5.97 Å². The van der Waals surface area contributed by atoms with Gasteiger partial charge in [-0.3, -0.25) is 4.40 Å². The van der Waals surface area contributed by atoms with Gasteiger partial charge in [-0.2, -0.15) is 0 Å². The molecule has 0 aliphatic rings. The number of carbonyl (C=O) groups excluding carboxylic acids is 1. The lowest BCUT2D eigenvalue weighted by Gasteiger charge is -2.01. The third-order valence-electron chi connectivity index (χ3n) is 1.93. The fourth-order valence-electron chi connectivity index (χ4n) is 1.27. The van der Waals surface area contributed by atoms with Crippen LogP contribution >= 0.6 is 27.5 Å². The van der Waals surface area contributed by atoms with E-state index in [1.54, 1.807) is 16.7 Å². The number of imidazole rings is 1. The van der Waals surface area contributed by atoms with Crippen molar-refractivity contribution >= 4 is 39.0 Å². The van der Waals surface area contributed by atoms with Crippen LogP contribution in [0.4, 0.5) is 0 Å². The predicted molar refractivity (Wildman–Crippen MR) is 59.2 cm³/mol. The van der Waals surface area contributed by atoms with Gasteiger partial charge in [0, 0.05) is 10.7 Å². The van der Waals surface area contributed by atoms with E-state index in [9.17, 15) is 4.79 Å². The summed E-state index contributed by atoms with van der Waals surface area (Å²) < 4.78 is 6.95. The Kier molecular flexibility index (Phi) is 2.67. The van der Waals surface area contributed by atoms with Crippen LogP contribution in [-0.4, -0.2) is 22.5 Å². The molecule has 0 aliphatic carbocycles. The van der Waals surface area contributed by atoms with Crippen LogP contribution in [0.15, 0.2) is 22.9 Å². The van der Waals surface area contributed by atoms with Crippen molar-refractivity contribution in [2.45, 2.75) is 0 Å². The summed E-state index contributed by atoms with van der Waals surface area (Å²) in [4.78, 5) is 15.3. The number of ether oxygens (including phenoxy) is 1. The van der Waals surface area contributed by atoms with E-state index in [0.29, 0.717) is 10.5 Å². The zero-order valence-corrected chi connectivity index (χ0v) is 10.0. The molecule has 78 valence electrons. The third kappa shape index (κ3) is 1.72. The van der Waals surface area contributed by atoms with E-state index in [0.717, 1.165) is 4.47 Å². The first-order chi connectivity index (χ1) is 7.13. The predicted octanol–water partition coefficient (Wildman–Crippen LogP) is 2.54. The lowest BCUT2D eigenvalue weighted by atomic mass is 10.4. The van der Waals surface area contributed by atoms with E-state index in [4.69, 9.17) is 11.6 Å². The summed E-state index contributed by atoms with van der Waals surface area (Å²) >= 11 is 9.27. The molecule has 4 nitrogen and oxygen atoms in total. The molecule has 0 atom stereocenters. The van der Waals surface area contributed by atoms with Crippen LogP contribution in [0, 0.1) is 0 Å². The Morgan fingerprint density at radius 2 is 2.40 bits per heavy atom. The molecule has 0 bridgehead atoms. The van der Waals surface area contributed by atoms with Gasteiger partial charge in [0.15, 0.2) is 0 Å². The minimum absolute atomic E-state index is 0.204. The van der Waals surface area contributed by atoms with Crippen molar-refractivity contribution in [2.24, 2.45) is 0 Å². The van der Waals surface area contributed by atoms with Crippen molar-refractivity contribution in [3.8, 4) is 0 Å². The van der Waals surface area contributed by atoms with Crippen LogP contribution in [0.25, 0.3) is 5.52 Å². The summed E-state index contributed by atoms with van der Waals surface area (Å²) in [5.74, 6) is -0.292. The van der Waals surface area contributed by atoms with E-state index in [2.05, 4.69) is 25.7 Å². The van der Waals surface area contributed by atoms with Crippen molar-refractivity contribution in [1.82, 2.24) is 9.38 Å². The Morgan fingerprint density at radius 1 is 1.67 bits per heavy atom. The van der Waals surface area contributed by atoms with Crippen LogP contribution in [0.5, 0.6) is 0 Å². The number of nitrogens with zero attached hydrogens (tertiary/aromatic N) is 2. The number of carbonyl (C=O) groups is 1. The fourth-order valence-corrected chi connectivity index (χ4v) is 2.09. The Bertz CT molecular complexity index is 538. The van der Waals surface area contributed by atoms with Crippen LogP contribution in [0.3, 0.4) is 0 Å². The molecule has 0 aromatic carbocycles. The molecule has 0 N–H and O–H groups in total. The first kappa shape index (κ1) is 10.4. The second-order valence-corrected chi connectivity index (χ2v) is 4.16. The molecule has 2 aromatic rings. The highest BCUT2D eigenvalue weighted by atomic mass is 79.9. The average Bonchev–Trinajstić information content (AvgIpc) is 2.60. The van der Waals surface area contributed by atoms with Gasteiger partial charge in [0.2, 0.25) is 5.82 Å². The molecule has 0 aliphatic heterocycles. The number of esters is 1. The van der Waals surface area contributed by atoms with Gasteiger partial charge < -0.3 is 4.74 Å². The van der Waals surface area contributed by atoms with Gasteiger partial charge in [-0.25, -0.2) is 9.78 Å². The summed E-state index contributed by atoms with van der Waals surface area (Å²) in [6.07, 6.45) is 3.24. The van der Waals surface area contributed by atoms with Crippen molar-refractivity contribution in [2.75, 3.05) is 7.11 Å². The van der Waals surface area contributed by atoms with E-state index < -0.39 is 5.97 Å². The highest BCUT2D eigenvalue weighted by Gasteiger charge is 2.14. The topological polar surface area (TPSA) is 43.6 Å². The fraction of sp³-hybridized carbons (Fsp3) is 0.111. The normalized spacial score (nSPS) is 10.6. The molecule has 15 heavy (non-hydrogen) atoms. The van der Waals surface area contributed by atoms with E-state index in [-0.39, 0.29) is 5.82 Å². The minimum atomic E-state index is -0.496. The first-order valence-corrected chi connectivity index (χ1v) is 5.21. The molecule has 0 saturated heterocycles. The van der Waals surface area contributed by atoms with Crippen LogP contribution in [-0.2, 0) is 4.74 Å². The molecule has 0 spiro atoms. The zero-order chi connectivity index (χ0) is 11.0. The Hall–Kier alpha value is -1.07. The number of hydrogen-bond donors (Lipinski definition) is 0. The molecule has 2 aromatic heterocycles. The quantitative estimate of drug-likeness (QED) is 0.758. The second-order valence-electron chi connectivity index (χ2n) is 2.83. The monoisotopic (exact) mass is 288 g/mol. The SMILES string of the molecule is COC(=O)c1ncc2c(Cl)cc(Br)cn12. The van der Waals surface area contributed by atoms with Crippen molar-refractivity contribution in [3.05, 3.63) is 33.8 Å².